The van der Waals surface area contributed by atoms with Crippen molar-refractivity contribution >= 4 is 34.7 Å². The minimum atomic E-state index is -0.639. The van der Waals surface area contributed by atoms with E-state index in [2.05, 4.69) is 0 Å². The van der Waals surface area contributed by atoms with Crippen LogP contribution in [0.5, 0.6) is 11.5 Å². The summed E-state index contributed by atoms with van der Waals surface area (Å²) in [5.41, 5.74) is 26.4. The van der Waals surface area contributed by atoms with Gasteiger partial charge in [0.05, 0.1) is 11.1 Å². The standard InChI is InChI=1S/C26H22N4O4/c27-15-1-7-19(8-2-15)33-25(31)21-11-5-17(29)13-23(21)24-14-18(30)6-12-22(24)26(32)34-20-9-3-16(28)4-10-20/h1-14H,27-30H2. The Hall–Kier alpha value is -4.98. The van der Waals surface area contributed by atoms with Gasteiger partial charge in [0.15, 0.2) is 0 Å². The van der Waals surface area contributed by atoms with Crippen molar-refractivity contribution in [3.63, 3.8) is 0 Å². The first-order chi connectivity index (χ1) is 16.3. The predicted molar refractivity (Wildman–Crippen MR) is 132 cm³/mol. The van der Waals surface area contributed by atoms with Gasteiger partial charge in [0.2, 0.25) is 0 Å². The number of carbonyl (C=O) groups is 2. The fourth-order valence-corrected chi connectivity index (χ4v) is 3.32. The van der Waals surface area contributed by atoms with Crippen LogP contribution < -0.4 is 32.4 Å². The molecule has 0 bridgehead atoms. The summed E-state index contributed by atoms with van der Waals surface area (Å²) in [4.78, 5) is 26.1. The molecule has 0 fully saturated rings. The molecular weight excluding hydrogens is 432 g/mol. The van der Waals surface area contributed by atoms with Crippen molar-refractivity contribution in [2.45, 2.75) is 0 Å². The van der Waals surface area contributed by atoms with Gasteiger partial charge in [-0.3, -0.25) is 0 Å². The van der Waals surface area contributed by atoms with E-state index in [0.717, 1.165) is 0 Å². The van der Waals surface area contributed by atoms with Gasteiger partial charge in [-0.05, 0) is 96.1 Å². The normalized spacial score (nSPS) is 10.5. The van der Waals surface area contributed by atoms with E-state index in [1.165, 1.54) is 12.1 Å². The van der Waals surface area contributed by atoms with Crippen LogP contribution in [0.15, 0.2) is 84.9 Å². The number of rotatable bonds is 5. The quantitative estimate of drug-likeness (QED) is 0.199. The predicted octanol–water partition coefficient (Wildman–Crippen LogP) is 4.12. The maximum atomic E-state index is 13.0. The molecule has 0 unspecified atom stereocenters. The van der Waals surface area contributed by atoms with Crippen molar-refractivity contribution in [3.05, 3.63) is 96.1 Å². The lowest BCUT2D eigenvalue weighted by Crippen LogP contribution is -2.14. The third-order valence-corrected chi connectivity index (χ3v) is 5.00. The van der Waals surface area contributed by atoms with Crippen molar-refractivity contribution in [3.8, 4) is 22.6 Å². The third-order valence-electron chi connectivity index (χ3n) is 5.00. The first kappa shape index (κ1) is 22.2. The van der Waals surface area contributed by atoms with Crippen LogP contribution in [0.25, 0.3) is 11.1 Å². The molecule has 0 saturated carbocycles. The van der Waals surface area contributed by atoms with Crippen LogP contribution in [-0.2, 0) is 0 Å². The van der Waals surface area contributed by atoms with E-state index in [1.54, 1.807) is 72.8 Å². The average Bonchev–Trinajstić information content (AvgIpc) is 2.81. The van der Waals surface area contributed by atoms with Crippen LogP contribution in [0.1, 0.15) is 20.7 Å². The van der Waals surface area contributed by atoms with Gasteiger partial charge >= 0.3 is 11.9 Å². The van der Waals surface area contributed by atoms with E-state index in [4.69, 9.17) is 32.4 Å². The highest BCUT2D eigenvalue weighted by molar-refractivity contribution is 6.05. The summed E-state index contributed by atoms with van der Waals surface area (Å²) >= 11 is 0. The Morgan fingerprint density at radius 1 is 0.471 bits per heavy atom. The van der Waals surface area contributed by atoms with Crippen LogP contribution in [0.2, 0.25) is 0 Å². The van der Waals surface area contributed by atoms with Gasteiger partial charge in [0, 0.05) is 22.7 Å². The Balaban J connectivity index is 1.73. The summed E-state index contributed by atoms with van der Waals surface area (Å²) < 4.78 is 11.0. The Morgan fingerprint density at radius 3 is 1.15 bits per heavy atom. The van der Waals surface area contributed by atoms with Crippen LogP contribution in [0.3, 0.4) is 0 Å². The van der Waals surface area contributed by atoms with Crippen LogP contribution in [-0.4, -0.2) is 11.9 Å². The van der Waals surface area contributed by atoms with E-state index >= 15 is 0 Å². The summed E-state index contributed by atoms with van der Waals surface area (Å²) in [5.74, 6) is -0.643. The minimum Gasteiger partial charge on any atom is -0.423 e. The lowest BCUT2D eigenvalue weighted by Gasteiger charge is -2.15. The Morgan fingerprint density at radius 2 is 0.794 bits per heavy atom. The zero-order chi connectivity index (χ0) is 24.2. The fourth-order valence-electron chi connectivity index (χ4n) is 3.32. The van der Waals surface area contributed by atoms with Crippen molar-refractivity contribution in [2.24, 2.45) is 0 Å². The number of ether oxygens (including phenoxy) is 2. The third kappa shape index (κ3) is 4.91. The molecule has 0 aliphatic heterocycles. The molecule has 0 spiro atoms. The number of nitrogens with two attached hydrogens (primary N) is 4. The highest BCUT2D eigenvalue weighted by atomic mass is 16.5. The van der Waals surface area contributed by atoms with Crippen molar-refractivity contribution in [2.75, 3.05) is 22.9 Å². The number of carbonyl (C=O) groups excluding carboxylic acids is 2. The second-order valence-corrected chi connectivity index (χ2v) is 7.53. The molecule has 4 aromatic carbocycles. The van der Waals surface area contributed by atoms with Crippen molar-refractivity contribution < 1.29 is 19.1 Å². The zero-order valence-corrected chi connectivity index (χ0v) is 18.0. The number of esters is 2. The molecule has 0 amide bonds. The summed E-state index contributed by atoms with van der Waals surface area (Å²) in [6.07, 6.45) is 0. The van der Waals surface area contributed by atoms with Gasteiger partial charge in [-0.15, -0.1) is 0 Å². The highest BCUT2D eigenvalue weighted by Gasteiger charge is 2.22. The molecule has 4 rings (SSSR count). The molecule has 4 aromatic rings. The number of anilines is 4. The lowest BCUT2D eigenvalue weighted by atomic mass is 9.94. The largest absolute Gasteiger partial charge is 0.423 e. The Kier molecular flexibility index (Phi) is 6.05. The summed E-state index contributed by atoms with van der Waals surface area (Å²) in [5, 5.41) is 0. The number of hydrogen-bond donors (Lipinski definition) is 4. The molecule has 0 radical (unpaired) electrons. The van der Waals surface area contributed by atoms with E-state index in [1.807, 2.05) is 0 Å². The molecule has 8 N–H and O–H groups in total. The topological polar surface area (TPSA) is 157 Å². The van der Waals surface area contributed by atoms with Gasteiger partial charge < -0.3 is 32.4 Å². The van der Waals surface area contributed by atoms with E-state index in [-0.39, 0.29) is 11.1 Å². The molecule has 0 aromatic heterocycles. The van der Waals surface area contributed by atoms with E-state index in [0.29, 0.717) is 45.4 Å². The van der Waals surface area contributed by atoms with Crippen LogP contribution in [0, 0.1) is 0 Å². The molecule has 0 aliphatic carbocycles. The van der Waals surface area contributed by atoms with Gasteiger partial charge in [-0.25, -0.2) is 9.59 Å². The summed E-state index contributed by atoms with van der Waals surface area (Å²) in [6, 6.07) is 22.2. The molecular formula is C26H22N4O4. The molecule has 34 heavy (non-hydrogen) atoms. The number of nitrogen functional groups attached to an aromatic ring is 4. The lowest BCUT2D eigenvalue weighted by molar-refractivity contribution is 0.0723. The second kappa shape index (κ2) is 9.25. The first-order valence-electron chi connectivity index (χ1n) is 10.2. The molecule has 170 valence electrons. The van der Waals surface area contributed by atoms with E-state index in [9.17, 15) is 9.59 Å². The van der Waals surface area contributed by atoms with Crippen molar-refractivity contribution in [1.82, 2.24) is 0 Å². The maximum Gasteiger partial charge on any atom is 0.344 e. The first-order valence-corrected chi connectivity index (χ1v) is 10.2. The maximum absolute atomic E-state index is 13.0. The van der Waals surface area contributed by atoms with E-state index < -0.39 is 11.9 Å². The fraction of sp³-hybridized carbons (Fsp3) is 0. The van der Waals surface area contributed by atoms with Gasteiger partial charge in [0.1, 0.15) is 11.5 Å². The molecule has 0 heterocycles. The molecule has 0 saturated heterocycles. The monoisotopic (exact) mass is 454 g/mol. The SMILES string of the molecule is Nc1ccc(OC(=O)c2ccc(N)cc2-c2cc(N)ccc2C(=O)Oc2ccc(N)cc2)cc1. The zero-order valence-electron chi connectivity index (χ0n) is 18.0. The van der Waals surface area contributed by atoms with Crippen LogP contribution >= 0.6 is 0 Å². The summed E-state index contributed by atoms with van der Waals surface area (Å²) in [6.45, 7) is 0. The van der Waals surface area contributed by atoms with Crippen molar-refractivity contribution in [1.29, 1.82) is 0 Å². The minimum absolute atomic E-state index is 0.193. The Labute approximate surface area is 195 Å². The van der Waals surface area contributed by atoms with Gasteiger partial charge in [0.25, 0.3) is 0 Å². The van der Waals surface area contributed by atoms with Gasteiger partial charge in [-0.2, -0.15) is 0 Å². The molecule has 8 nitrogen and oxygen atoms in total. The van der Waals surface area contributed by atoms with Gasteiger partial charge in [-0.1, -0.05) is 0 Å². The smallest absolute Gasteiger partial charge is 0.344 e. The summed E-state index contributed by atoms with van der Waals surface area (Å²) in [7, 11) is 0. The molecule has 0 atom stereocenters. The average molecular weight is 454 g/mol. The second-order valence-electron chi connectivity index (χ2n) is 7.53. The van der Waals surface area contributed by atoms with Crippen LogP contribution in [0.4, 0.5) is 22.7 Å². The molecule has 8 heteroatoms. The number of hydrogen-bond acceptors (Lipinski definition) is 8. The highest BCUT2D eigenvalue weighted by Crippen LogP contribution is 2.32. The number of benzene rings is 4. The molecule has 0 aliphatic rings. The Bertz CT molecular complexity index is 1260.